The fraction of sp³-hybridized carbons (Fsp3) is 0.923. The first-order valence-electron chi connectivity index (χ1n) is 6.67. The van der Waals surface area contributed by atoms with Crippen molar-refractivity contribution in [3.05, 3.63) is 0 Å². The van der Waals surface area contributed by atoms with Crippen LogP contribution in [0.2, 0.25) is 0 Å². The highest BCUT2D eigenvalue weighted by Crippen LogP contribution is 2.37. The molecule has 3 nitrogen and oxygen atoms in total. The van der Waals surface area contributed by atoms with Crippen LogP contribution in [0.15, 0.2) is 0 Å². The number of carboxylic acid groups (broad SMARTS) is 1. The van der Waals surface area contributed by atoms with Crippen molar-refractivity contribution in [3.8, 4) is 0 Å². The second kappa shape index (κ2) is 4.74. The summed E-state index contributed by atoms with van der Waals surface area (Å²) in [6.07, 6.45) is 7.61. The number of nitrogens with zero attached hydrogens (tertiary/aromatic N) is 1. The molecule has 1 saturated heterocycles. The topological polar surface area (TPSA) is 40.5 Å². The largest absolute Gasteiger partial charge is 0.480 e. The van der Waals surface area contributed by atoms with Gasteiger partial charge in [-0.1, -0.05) is 26.2 Å². The van der Waals surface area contributed by atoms with Crippen LogP contribution in [0.3, 0.4) is 0 Å². The third-order valence-electron chi connectivity index (χ3n) is 4.19. The van der Waals surface area contributed by atoms with Crippen LogP contribution in [0.4, 0.5) is 0 Å². The van der Waals surface area contributed by atoms with Crippen molar-refractivity contribution in [1.82, 2.24) is 4.90 Å². The Morgan fingerprint density at radius 1 is 1.50 bits per heavy atom. The van der Waals surface area contributed by atoms with Gasteiger partial charge in [0.15, 0.2) is 0 Å². The molecule has 1 aliphatic heterocycles. The zero-order valence-corrected chi connectivity index (χ0v) is 10.2. The molecule has 0 bridgehead atoms. The van der Waals surface area contributed by atoms with Gasteiger partial charge < -0.3 is 5.11 Å². The van der Waals surface area contributed by atoms with Crippen molar-refractivity contribution in [3.63, 3.8) is 0 Å². The molecular formula is C13H23NO2. The second-order valence-electron chi connectivity index (χ2n) is 5.41. The van der Waals surface area contributed by atoms with E-state index in [1.165, 1.54) is 19.3 Å². The first-order chi connectivity index (χ1) is 7.69. The molecular weight excluding hydrogens is 202 g/mol. The molecule has 0 amide bonds. The van der Waals surface area contributed by atoms with Crippen molar-refractivity contribution in [2.75, 3.05) is 13.1 Å². The first-order valence-corrected chi connectivity index (χ1v) is 6.67. The minimum absolute atomic E-state index is 0.524. The lowest BCUT2D eigenvalue weighted by Gasteiger charge is -2.34. The summed E-state index contributed by atoms with van der Waals surface area (Å²) >= 11 is 0. The summed E-state index contributed by atoms with van der Waals surface area (Å²) in [5.41, 5.74) is -0.524. The van der Waals surface area contributed by atoms with Gasteiger partial charge in [-0.2, -0.15) is 0 Å². The van der Waals surface area contributed by atoms with Crippen LogP contribution in [-0.2, 0) is 4.79 Å². The van der Waals surface area contributed by atoms with Gasteiger partial charge in [0.05, 0.1) is 0 Å². The molecule has 1 aliphatic carbocycles. The van der Waals surface area contributed by atoms with Gasteiger partial charge >= 0.3 is 5.97 Å². The van der Waals surface area contributed by atoms with E-state index in [4.69, 9.17) is 0 Å². The molecule has 0 aromatic carbocycles. The Morgan fingerprint density at radius 3 is 2.81 bits per heavy atom. The number of likely N-dealkylation sites (tertiary alicyclic amines) is 1. The molecule has 1 heterocycles. The van der Waals surface area contributed by atoms with Crippen molar-refractivity contribution in [2.24, 2.45) is 5.92 Å². The third kappa shape index (κ3) is 2.24. The third-order valence-corrected chi connectivity index (χ3v) is 4.19. The SMILES string of the molecule is CCCC1(C(=O)O)CCCN1CCC1CC1. The van der Waals surface area contributed by atoms with E-state index in [2.05, 4.69) is 11.8 Å². The number of carboxylic acids is 1. The zero-order valence-electron chi connectivity index (χ0n) is 10.2. The lowest BCUT2D eigenvalue weighted by Crippen LogP contribution is -2.50. The van der Waals surface area contributed by atoms with Gasteiger partial charge in [-0.15, -0.1) is 0 Å². The minimum atomic E-state index is -0.595. The van der Waals surface area contributed by atoms with Gasteiger partial charge in [-0.25, -0.2) is 0 Å². The molecule has 0 radical (unpaired) electrons. The fourth-order valence-corrected chi connectivity index (χ4v) is 3.05. The number of carbonyl (C=O) groups is 1. The molecule has 92 valence electrons. The average molecular weight is 225 g/mol. The fourth-order valence-electron chi connectivity index (χ4n) is 3.05. The smallest absolute Gasteiger partial charge is 0.324 e. The minimum Gasteiger partial charge on any atom is -0.480 e. The number of hydrogen-bond donors (Lipinski definition) is 1. The normalized spacial score (nSPS) is 30.8. The zero-order chi connectivity index (χ0) is 11.6. The predicted octanol–water partition coefficient (Wildman–Crippen LogP) is 2.51. The van der Waals surface area contributed by atoms with Crippen molar-refractivity contribution in [2.45, 2.75) is 57.4 Å². The average Bonchev–Trinajstić information content (AvgIpc) is 2.98. The Morgan fingerprint density at radius 2 is 2.25 bits per heavy atom. The molecule has 0 aromatic rings. The molecule has 2 rings (SSSR count). The summed E-state index contributed by atoms with van der Waals surface area (Å²) in [7, 11) is 0. The van der Waals surface area contributed by atoms with E-state index >= 15 is 0 Å². The molecule has 3 heteroatoms. The summed E-state index contributed by atoms with van der Waals surface area (Å²) < 4.78 is 0. The Balaban J connectivity index is 1.98. The molecule has 1 saturated carbocycles. The summed E-state index contributed by atoms with van der Waals surface area (Å²) in [5.74, 6) is 0.302. The Bertz CT molecular complexity index is 263. The van der Waals surface area contributed by atoms with Crippen LogP contribution >= 0.6 is 0 Å². The molecule has 1 atom stereocenters. The predicted molar refractivity (Wildman–Crippen MR) is 63.4 cm³/mol. The molecule has 1 N–H and O–H groups in total. The maximum atomic E-state index is 11.5. The second-order valence-corrected chi connectivity index (χ2v) is 5.41. The van der Waals surface area contributed by atoms with E-state index in [0.29, 0.717) is 0 Å². The highest BCUT2D eigenvalue weighted by molar-refractivity contribution is 5.79. The van der Waals surface area contributed by atoms with Crippen LogP contribution in [0.1, 0.15) is 51.9 Å². The molecule has 2 fully saturated rings. The van der Waals surface area contributed by atoms with Gasteiger partial charge in [-0.05, 0) is 44.7 Å². The van der Waals surface area contributed by atoms with Crippen molar-refractivity contribution >= 4 is 5.97 Å². The van der Waals surface area contributed by atoms with Gasteiger partial charge in [0.1, 0.15) is 5.54 Å². The maximum absolute atomic E-state index is 11.5. The molecule has 16 heavy (non-hydrogen) atoms. The van der Waals surface area contributed by atoms with Gasteiger partial charge in [0.25, 0.3) is 0 Å². The summed E-state index contributed by atoms with van der Waals surface area (Å²) in [5, 5.41) is 9.50. The number of rotatable bonds is 6. The van der Waals surface area contributed by atoms with E-state index in [1.807, 2.05) is 0 Å². The Hall–Kier alpha value is -0.570. The van der Waals surface area contributed by atoms with Crippen LogP contribution in [0, 0.1) is 5.92 Å². The summed E-state index contributed by atoms with van der Waals surface area (Å²) in [4.78, 5) is 13.8. The van der Waals surface area contributed by atoms with Crippen LogP contribution in [0.5, 0.6) is 0 Å². The number of hydrogen-bond acceptors (Lipinski definition) is 2. The van der Waals surface area contributed by atoms with Gasteiger partial charge in [0.2, 0.25) is 0 Å². The molecule has 1 unspecified atom stereocenters. The number of aliphatic carboxylic acids is 1. The van der Waals surface area contributed by atoms with E-state index in [-0.39, 0.29) is 0 Å². The summed E-state index contributed by atoms with van der Waals surface area (Å²) in [6, 6.07) is 0. The highest BCUT2D eigenvalue weighted by Gasteiger charge is 2.46. The maximum Gasteiger partial charge on any atom is 0.324 e. The standard InChI is InChI=1S/C13H23NO2/c1-2-7-13(12(15)16)8-3-9-14(13)10-6-11-4-5-11/h11H,2-10H2,1H3,(H,15,16). The Labute approximate surface area is 97.8 Å². The summed E-state index contributed by atoms with van der Waals surface area (Å²) in [6.45, 7) is 4.07. The Kier molecular flexibility index (Phi) is 3.53. The van der Waals surface area contributed by atoms with E-state index in [0.717, 1.165) is 44.7 Å². The van der Waals surface area contributed by atoms with Crippen molar-refractivity contribution < 1.29 is 9.90 Å². The van der Waals surface area contributed by atoms with E-state index in [1.54, 1.807) is 0 Å². The van der Waals surface area contributed by atoms with Crippen LogP contribution in [-0.4, -0.2) is 34.6 Å². The van der Waals surface area contributed by atoms with Gasteiger partial charge in [0, 0.05) is 0 Å². The first kappa shape index (κ1) is 11.9. The quantitative estimate of drug-likeness (QED) is 0.755. The lowest BCUT2D eigenvalue weighted by molar-refractivity contribution is -0.150. The molecule has 0 spiro atoms. The van der Waals surface area contributed by atoms with E-state index in [9.17, 15) is 9.90 Å². The molecule has 2 aliphatic rings. The van der Waals surface area contributed by atoms with Crippen LogP contribution in [0.25, 0.3) is 0 Å². The molecule has 0 aromatic heterocycles. The van der Waals surface area contributed by atoms with E-state index < -0.39 is 11.5 Å². The van der Waals surface area contributed by atoms with Crippen molar-refractivity contribution in [1.29, 1.82) is 0 Å². The van der Waals surface area contributed by atoms with Crippen LogP contribution < -0.4 is 0 Å². The van der Waals surface area contributed by atoms with Gasteiger partial charge in [-0.3, -0.25) is 9.69 Å². The lowest BCUT2D eigenvalue weighted by atomic mass is 9.90. The highest BCUT2D eigenvalue weighted by atomic mass is 16.4. The monoisotopic (exact) mass is 225 g/mol.